The molecule has 0 saturated heterocycles. The molecule has 2 aromatic carbocycles. The van der Waals surface area contributed by atoms with Gasteiger partial charge >= 0.3 is 0 Å². The molecule has 0 aliphatic rings. The molecule has 28 heavy (non-hydrogen) atoms. The number of H-pyrrole nitrogens is 1. The van der Waals surface area contributed by atoms with Crippen LogP contribution in [-0.2, 0) is 11.2 Å². The van der Waals surface area contributed by atoms with Crippen LogP contribution in [0, 0.1) is 0 Å². The normalized spacial score (nSPS) is 12.3. The number of nitrogens with one attached hydrogen (secondary N) is 2. The second-order valence-electron chi connectivity index (χ2n) is 7.07. The van der Waals surface area contributed by atoms with Crippen LogP contribution in [-0.4, -0.2) is 17.4 Å². The van der Waals surface area contributed by atoms with Gasteiger partial charge in [0.15, 0.2) is 0 Å². The first-order valence-electron chi connectivity index (χ1n) is 9.85. The Hall–Kier alpha value is -1.97. The zero-order chi connectivity index (χ0) is 20.1. The number of carbonyl (C=O) groups excluding carboxylic acids is 1. The maximum Gasteiger partial charge on any atom is 0.220 e. The number of hydrogen-bond acceptors (Lipinski definition) is 1. The lowest BCUT2D eigenvalue weighted by Crippen LogP contribution is -2.26. The van der Waals surface area contributed by atoms with Crippen molar-refractivity contribution in [2.75, 3.05) is 6.54 Å². The molecular formula is C23H26Cl2N2O. The highest BCUT2D eigenvalue weighted by Crippen LogP contribution is 2.36. The summed E-state index contributed by atoms with van der Waals surface area (Å²) in [5.74, 6) is -0.0530. The minimum absolute atomic E-state index is 0.0468. The van der Waals surface area contributed by atoms with Crippen molar-refractivity contribution in [1.82, 2.24) is 10.3 Å². The van der Waals surface area contributed by atoms with Crippen LogP contribution >= 0.6 is 23.2 Å². The van der Waals surface area contributed by atoms with Gasteiger partial charge in [-0.1, -0.05) is 67.7 Å². The van der Waals surface area contributed by atoms with Crippen molar-refractivity contribution < 1.29 is 4.79 Å². The second-order valence-corrected chi connectivity index (χ2v) is 7.89. The Balaban J connectivity index is 2.01. The third-order valence-electron chi connectivity index (χ3n) is 5.18. The number of fused-ring (bicyclic) bond motifs is 1. The van der Waals surface area contributed by atoms with E-state index in [-0.39, 0.29) is 11.8 Å². The van der Waals surface area contributed by atoms with Crippen molar-refractivity contribution in [2.24, 2.45) is 0 Å². The van der Waals surface area contributed by atoms with Crippen LogP contribution < -0.4 is 5.32 Å². The molecule has 3 nitrogen and oxygen atoms in total. The van der Waals surface area contributed by atoms with Crippen molar-refractivity contribution in [3.05, 3.63) is 69.3 Å². The summed E-state index contributed by atoms with van der Waals surface area (Å²) in [6, 6.07) is 11.9. The first-order chi connectivity index (χ1) is 13.5. The highest BCUT2D eigenvalue weighted by Gasteiger charge is 2.22. The van der Waals surface area contributed by atoms with Gasteiger partial charge in [-0.2, -0.15) is 0 Å². The molecule has 3 rings (SSSR count). The van der Waals surface area contributed by atoms with Crippen molar-refractivity contribution in [3.8, 4) is 0 Å². The third-order valence-corrected chi connectivity index (χ3v) is 5.92. The van der Waals surface area contributed by atoms with Gasteiger partial charge in [-0.05, 0) is 41.7 Å². The molecule has 0 aliphatic heterocycles. The standard InChI is InChI=1S/C23H26Cl2N2O/c1-3-5-11-26-22(28)13-18(16-9-10-20(24)21(25)12-16)19-14-27-23-15(4-2)7-6-8-17(19)23/h6-10,12,14,18,27H,3-5,11,13H2,1-2H3,(H,26,28). The van der Waals surface area contributed by atoms with Crippen molar-refractivity contribution >= 4 is 40.0 Å². The topological polar surface area (TPSA) is 44.9 Å². The fourth-order valence-electron chi connectivity index (χ4n) is 3.62. The van der Waals surface area contributed by atoms with Crippen LogP contribution in [0.5, 0.6) is 0 Å². The van der Waals surface area contributed by atoms with Gasteiger partial charge < -0.3 is 10.3 Å². The number of carbonyl (C=O) groups is 1. The van der Waals surface area contributed by atoms with Gasteiger partial charge in [0.05, 0.1) is 10.0 Å². The lowest BCUT2D eigenvalue weighted by Gasteiger charge is -2.18. The minimum Gasteiger partial charge on any atom is -0.361 e. The summed E-state index contributed by atoms with van der Waals surface area (Å²) >= 11 is 12.4. The molecule has 1 unspecified atom stereocenters. The van der Waals surface area contributed by atoms with Crippen LogP contribution in [0.1, 0.15) is 55.7 Å². The molecule has 1 aromatic heterocycles. The van der Waals surface area contributed by atoms with Gasteiger partial charge in [0.2, 0.25) is 5.91 Å². The Labute approximate surface area is 176 Å². The van der Waals surface area contributed by atoms with Crippen molar-refractivity contribution in [1.29, 1.82) is 0 Å². The van der Waals surface area contributed by atoms with E-state index >= 15 is 0 Å². The summed E-state index contributed by atoms with van der Waals surface area (Å²) in [4.78, 5) is 16.0. The van der Waals surface area contributed by atoms with E-state index in [1.54, 1.807) is 6.07 Å². The summed E-state index contributed by atoms with van der Waals surface area (Å²) in [7, 11) is 0. The van der Waals surface area contributed by atoms with Gasteiger partial charge in [-0.15, -0.1) is 0 Å². The number of aryl methyl sites for hydroxylation is 1. The Morgan fingerprint density at radius 2 is 1.96 bits per heavy atom. The Bertz CT molecular complexity index is 964. The lowest BCUT2D eigenvalue weighted by atomic mass is 9.87. The van der Waals surface area contributed by atoms with E-state index in [2.05, 4.69) is 42.3 Å². The zero-order valence-corrected chi connectivity index (χ0v) is 17.8. The highest BCUT2D eigenvalue weighted by atomic mass is 35.5. The molecule has 0 bridgehead atoms. The van der Waals surface area contributed by atoms with E-state index in [1.165, 1.54) is 5.56 Å². The van der Waals surface area contributed by atoms with Crippen LogP contribution in [0.3, 0.4) is 0 Å². The van der Waals surface area contributed by atoms with Crippen LogP contribution in [0.4, 0.5) is 0 Å². The van der Waals surface area contributed by atoms with Crippen LogP contribution in [0.25, 0.3) is 10.9 Å². The number of amides is 1. The number of aromatic amines is 1. The molecule has 5 heteroatoms. The molecule has 1 heterocycles. The quantitative estimate of drug-likeness (QED) is 0.405. The molecule has 0 spiro atoms. The van der Waals surface area contributed by atoms with Crippen LogP contribution in [0.15, 0.2) is 42.6 Å². The molecule has 3 aromatic rings. The monoisotopic (exact) mass is 416 g/mol. The molecule has 0 saturated carbocycles. The maximum absolute atomic E-state index is 12.6. The molecule has 2 N–H and O–H groups in total. The Morgan fingerprint density at radius 3 is 2.68 bits per heavy atom. The Morgan fingerprint density at radius 1 is 1.14 bits per heavy atom. The maximum atomic E-state index is 12.6. The molecule has 148 valence electrons. The average molecular weight is 417 g/mol. The predicted molar refractivity (Wildman–Crippen MR) is 119 cm³/mol. The van der Waals surface area contributed by atoms with Crippen molar-refractivity contribution in [3.63, 3.8) is 0 Å². The van der Waals surface area contributed by atoms with Crippen LogP contribution in [0.2, 0.25) is 10.0 Å². The lowest BCUT2D eigenvalue weighted by molar-refractivity contribution is -0.121. The van der Waals surface area contributed by atoms with E-state index in [0.29, 0.717) is 23.0 Å². The second kappa shape index (κ2) is 9.49. The molecule has 0 radical (unpaired) electrons. The van der Waals surface area contributed by atoms with Gasteiger partial charge in [0, 0.05) is 36.0 Å². The van der Waals surface area contributed by atoms with Gasteiger partial charge in [0.1, 0.15) is 0 Å². The molecule has 1 amide bonds. The number of hydrogen-bond donors (Lipinski definition) is 2. The average Bonchev–Trinajstić information content (AvgIpc) is 3.12. The number of halogens is 2. The number of para-hydroxylation sites is 1. The molecule has 0 aliphatic carbocycles. The van der Waals surface area contributed by atoms with Crippen molar-refractivity contribution in [2.45, 2.75) is 45.4 Å². The minimum atomic E-state index is -0.0998. The summed E-state index contributed by atoms with van der Waals surface area (Å²) in [5.41, 5.74) is 4.50. The number of aromatic nitrogens is 1. The van der Waals surface area contributed by atoms with E-state index in [0.717, 1.165) is 41.3 Å². The first kappa shape index (κ1) is 20.8. The van der Waals surface area contributed by atoms with E-state index in [4.69, 9.17) is 23.2 Å². The Kier molecular flexibility index (Phi) is 7.03. The summed E-state index contributed by atoms with van der Waals surface area (Å²) in [6.45, 7) is 4.96. The van der Waals surface area contributed by atoms with E-state index in [1.807, 2.05) is 18.3 Å². The number of unbranched alkanes of at least 4 members (excludes halogenated alkanes) is 1. The number of rotatable bonds is 8. The van der Waals surface area contributed by atoms with Gasteiger partial charge in [0.25, 0.3) is 0 Å². The third kappa shape index (κ3) is 4.53. The predicted octanol–water partition coefficient (Wildman–Crippen LogP) is 6.48. The number of benzene rings is 2. The zero-order valence-electron chi connectivity index (χ0n) is 16.3. The molecule has 0 fully saturated rings. The van der Waals surface area contributed by atoms with Gasteiger partial charge in [-0.25, -0.2) is 0 Å². The SMILES string of the molecule is CCCCNC(=O)CC(c1ccc(Cl)c(Cl)c1)c1c[nH]c2c(CC)cccc12. The molecular weight excluding hydrogens is 391 g/mol. The summed E-state index contributed by atoms with van der Waals surface area (Å²) in [5, 5.41) is 5.21. The highest BCUT2D eigenvalue weighted by molar-refractivity contribution is 6.42. The summed E-state index contributed by atoms with van der Waals surface area (Å²) < 4.78 is 0. The van der Waals surface area contributed by atoms with Gasteiger partial charge in [-0.3, -0.25) is 4.79 Å². The van der Waals surface area contributed by atoms with E-state index in [9.17, 15) is 4.79 Å². The smallest absolute Gasteiger partial charge is 0.220 e. The molecule has 1 atom stereocenters. The fraction of sp³-hybridized carbons (Fsp3) is 0.348. The van der Waals surface area contributed by atoms with E-state index < -0.39 is 0 Å². The fourth-order valence-corrected chi connectivity index (χ4v) is 3.93. The summed E-state index contributed by atoms with van der Waals surface area (Å²) in [6.07, 6.45) is 5.38. The first-order valence-corrected chi connectivity index (χ1v) is 10.6. The largest absolute Gasteiger partial charge is 0.361 e.